The van der Waals surface area contributed by atoms with Gasteiger partial charge in [0.15, 0.2) is 0 Å². The topological polar surface area (TPSA) is 59.7 Å². The number of benzene rings is 1. The van der Waals surface area contributed by atoms with E-state index in [0.29, 0.717) is 12.0 Å². The predicted molar refractivity (Wildman–Crippen MR) is 95.3 cm³/mol. The van der Waals surface area contributed by atoms with Crippen molar-refractivity contribution in [1.82, 2.24) is 0 Å². The number of hydrogen-bond donors (Lipinski definition) is 1. The van der Waals surface area contributed by atoms with E-state index in [9.17, 15) is 9.90 Å². The third-order valence-corrected chi connectivity index (χ3v) is 6.48. The number of aliphatic hydroxyl groups excluding tert-OH is 1. The van der Waals surface area contributed by atoms with Gasteiger partial charge in [0.1, 0.15) is 16.9 Å². The van der Waals surface area contributed by atoms with Gasteiger partial charge in [0.05, 0.1) is 6.10 Å². The number of aliphatic hydroxyl groups is 1. The minimum atomic E-state index is -0.506. The minimum Gasteiger partial charge on any atom is -0.486 e. The van der Waals surface area contributed by atoms with Crippen LogP contribution in [0.3, 0.4) is 0 Å². The second kappa shape index (κ2) is 5.34. The van der Waals surface area contributed by atoms with Crippen molar-refractivity contribution in [2.75, 3.05) is 0 Å². The first-order chi connectivity index (χ1) is 12.1. The molecule has 1 spiro atoms. The van der Waals surface area contributed by atoms with Crippen LogP contribution in [-0.2, 0) is 12.8 Å². The zero-order chi connectivity index (χ0) is 17.2. The van der Waals surface area contributed by atoms with Crippen LogP contribution in [0.2, 0.25) is 0 Å². The lowest BCUT2D eigenvalue weighted by Crippen LogP contribution is -2.43. The van der Waals surface area contributed by atoms with Crippen LogP contribution >= 0.6 is 0 Å². The third kappa shape index (κ3) is 2.20. The zero-order valence-electron chi connectivity index (χ0n) is 14.7. The molecule has 4 heteroatoms. The summed E-state index contributed by atoms with van der Waals surface area (Å²) in [5, 5.41) is 11.9. The predicted octanol–water partition coefficient (Wildman–Crippen LogP) is 4.11. The molecule has 3 aliphatic rings. The van der Waals surface area contributed by atoms with Crippen molar-refractivity contribution < 1.29 is 14.3 Å². The fourth-order valence-electron chi connectivity index (χ4n) is 5.19. The van der Waals surface area contributed by atoms with Gasteiger partial charge in [-0.1, -0.05) is 6.42 Å². The van der Waals surface area contributed by atoms with Crippen LogP contribution in [0.4, 0.5) is 0 Å². The maximum Gasteiger partial charge on any atom is 0.339 e. The number of rotatable bonds is 0. The molecule has 1 aromatic carbocycles. The maximum atomic E-state index is 12.3. The molecule has 2 heterocycles. The van der Waals surface area contributed by atoms with E-state index in [-0.39, 0.29) is 11.2 Å². The van der Waals surface area contributed by atoms with Crippen LogP contribution in [-0.4, -0.2) is 10.7 Å². The number of hydrogen-bond acceptors (Lipinski definition) is 4. The molecule has 1 aliphatic heterocycles. The Balaban J connectivity index is 1.73. The monoisotopic (exact) mass is 340 g/mol. The Labute approximate surface area is 146 Å². The first-order valence-corrected chi connectivity index (χ1v) is 9.57. The molecule has 1 aromatic heterocycles. The van der Waals surface area contributed by atoms with E-state index < -0.39 is 6.10 Å². The molecular weight excluding hydrogens is 316 g/mol. The van der Waals surface area contributed by atoms with Crippen LogP contribution < -0.4 is 10.4 Å². The standard InChI is InChI=1S/C21H24O4/c1-12-18-15(13-6-5-7-14(13)20(23)24-18)10-16-17(22)11-21(25-19(12)16)8-3-2-4-9-21/h10,17,22H,2-9,11H2,1H3. The van der Waals surface area contributed by atoms with Gasteiger partial charge in [-0.2, -0.15) is 0 Å². The average Bonchev–Trinajstić information content (AvgIpc) is 3.09. The smallest absolute Gasteiger partial charge is 0.339 e. The molecule has 1 saturated carbocycles. The van der Waals surface area contributed by atoms with E-state index >= 15 is 0 Å². The Morgan fingerprint density at radius 3 is 2.68 bits per heavy atom. The Morgan fingerprint density at radius 2 is 1.88 bits per heavy atom. The molecule has 25 heavy (non-hydrogen) atoms. The van der Waals surface area contributed by atoms with Gasteiger partial charge >= 0.3 is 5.63 Å². The van der Waals surface area contributed by atoms with Crippen LogP contribution in [0, 0.1) is 6.92 Å². The van der Waals surface area contributed by atoms with E-state index in [2.05, 4.69) is 0 Å². The van der Waals surface area contributed by atoms with Gasteiger partial charge in [0.25, 0.3) is 0 Å². The average molecular weight is 340 g/mol. The summed E-state index contributed by atoms with van der Waals surface area (Å²) in [6.07, 6.45) is 8.41. The summed E-state index contributed by atoms with van der Waals surface area (Å²) in [5.74, 6) is 0.745. The molecule has 5 rings (SSSR count). The van der Waals surface area contributed by atoms with Crippen molar-refractivity contribution >= 4 is 11.0 Å². The molecule has 132 valence electrons. The fraction of sp³-hybridized carbons (Fsp3) is 0.571. The Kier molecular flexibility index (Phi) is 3.30. The quantitative estimate of drug-likeness (QED) is 0.733. The number of aryl methyl sites for hydroxylation is 2. The highest BCUT2D eigenvalue weighted by atomic mass is 16.5. The molecule has 2 aliphatic carbocycles. The normalized spacial score (nSPS) is 24.2. The van der Waals surface area contributed by atoms with Gasteiger partial charge in [-0.15, -0.1) is 0 Å². The first kappa shape index (κ1) is 15.4. The summed E-state index contributed by atoms with van der Waals surface area (Å²) >= 11 is 0. The summed E-state index contributed by atoms with van der Waals surface area (Å²) in [4.78, 5) is 12.3. The first-order valence-electron chi connectivity index (χ1n) is 9.57. The van der Waals surface area contributed by atoms with E-state index in [4.69, 9.17) is 9.15 Å². The fourth-order valence-corrected chi connectivity index (χ4v) is 5.19. The molecule has 0 amide bonds. The highest BCUT2D eigenvalue weighted by molar-refractivity contribution is 5.87. The number of fused-ring (bicyclic) bond motifs is 4. The van der Waals surface area contributed by atoms with Gasteiger partial charge in [-0.3, -0.25) is 0 Å². The molecule has 1 unspecified atom stereocenters. The molecule has 2 aromatic rings. The Bertz CT molecular complexity index is 918. The van der Waals surface area contributed by atoms with Gasteiger partial charge in [0.2, 0.25) is 0 Å². The minimum absolute atomic E-state index is 0.202. The molecule has 1 fully saturated rings. The van der Waals surface area contributed by atoms with Gasteiger partial charge in [0, 0.05) is 28.5 Å². The van der Waals surface area contributed by atoms with Crippen molar-refractivity contribution in [1.29, 1.82) is 0 Å². The lowest BCUT2D eigenvalue weighted by molar-refractivity contribution is -0.0385. The van der Waals surface area contributed by atoms with Crippen molar-refractivity contribution in [2.45, 2.75) is 76.4 Å². The summed E-state index contributed by atoms with van der Waals surface area (Å²) in [6, 6.07) is 2.02. The van der Waals surface area contributed by atoms with Gasteiger partial charge < -0.3 is 14.3 Å². The van der Waals surface area contributed by atoms with Crippen LogP contribution in [0.25, 0.3) is 11.0 Å². The molecule has 1 N–H and O–H groups in total. The summed E-state index contributed by atoms with van der Waals surface area (Å²) in [7, 11) is 0. The highest BCUT2D eigenvalue weighted by Crippen LogP contribution is 2.49. The molecule has 4 nitrogen and oxygen atoms in total. The molecular formula is C21H24O4. The Morgan fingerprint density at radius 1 is 1.12 bits per heavy atom. The van der Waals surface area contributed by atoms with Crippen molar-refractivity contribution in [2.24, 2.45) is 0 Å². The van der Waals surface area contributed by atoms with Crippen LogP contribution in [0.5, 0.6) is 5.75 Å². The largest absolute Gasteiger partial charge is 0.486 e. The van der Waals surface area contributed by atoms with Gasteiger partial charge in [-0.05, 0) is 63.5 Å². The van der Waals surface area contributed by atoms with Gasteiger partial charge in [-0.25, -0.2) is 4.79 Å². The van der Waals surface area contributed by atoms with Crippen molar-refractivity contribution in [3.63, 3.8) is 0 Å². The van der Waals surface area contributed by atoms with E-state index in [1.807, 2.05) is 13.0 Å². The summed E-state index contributed by atoms with van der Waals surface area (Å²) in [5.41, 5.74) is 3.85. The second-order valence-electron chi connectivity index (χ2n) is 8.06. The van der Waals surface area contributed by atoms with E-state index in [0.717, 1.165) is 78.3 Å². The number of ether oxygens (including phenoxy) is 1. The van der Waals surface area contributed by atoms with Crippen molar-refractivity contribution in [3.05, 3.63) is 38.7 Å². The summed E-state index contributed by atoms with van der Waals surface area (Å²) in [6.45, 7) is 1.96. The second-order valence-corrected chi connectivity index (χ2v) is 8.06. The molecule has 0 saturated heterocycles. The zero-order valence-corrected chi connectivity index (χ0v) is 14.7. The highest BCUT2D eigenvalue weighted by Gasteiger charge is 2.42. The Hall–Kier alpha value is -1.81. The summed E-state index contributed by atoms with van der Waals surface area (Å²) < 4.78 is 12.2. The molecule has 1 atom stereocenters. The van der Waals surface area contributed by atoms with E-state index in [1.165, 1.54) is 6.42 Å². The van der Waals surface area contributed by atoms with Crippen LogP contribution in [0.15, 0.2) is 15.3 Å². The third-order valence-electron chi connectivity index (χ3n) is 6.48. The molecule has 0 radical (unpaired) electrons. The SMILES string of the molecule is Cc1c2c(cc3c4c(c(=O)oc13)CCC4)C(O)CC1(CCCCC1)O2. The lowest BCUT2D eigenvalue weighted by atomic mass is 9.77. The van der Waals surface area contributed by atoms with Crippen LogP contribution in [0.1, 0.15) is 73.3 Å². The van der Waals surface area contributed by atoms with Crippen molar-refractivity contribution in [3.8, 4) is 5.75 Å². The lowest BCUT2D eigenvalue weighted by Gasteiger charge is -2.43. The maximum absolute atomic E-state index is 12.3. The van der Waals surface area contributed by atoms with E-state index in [1.54, 1.807) is 0 Å². The molecule has 0 bridgehead atoms.